The van der Waals surface area contributed by atoms with E-state index in [4.69, 9.17) is 4.74 Å². The van der Waals surface area contributed by atoms with E-state index >= 15 is 0 Å². The van der Waals surface area contributed by atoms with E-state index in [1.165, 1.54) is 0 Å². The summed E-state index contributed by atoms with van der Waals surface area (Å²) >= 11 is 0. The minimum absolute atomic E-state index is 0.130. The molecule has 0 spiro atoms. The van der Waals surface area contributed by atoms with Crippen LogP contribution in [0.2, 0.25) is 0 Å². The number of nitrogens with one attached hydrogen (secondary N) is 1. The average molecular weight is 290 g/mol. The Labute approximate surface area is 127 Å². The summed E-state index contributed by atoms with van der Waals surface area (Å²) in [7, 11) is 2.02. The van der Waals surface area contributed by atoms with Crippen molar-refractivity contribution in [3.8, 4) is 5.75 Å². The SMILES string of the molecule is CCCCC(=O)Oc1ccccc1N1CCC(NC)CC1. The normalized spacial score (nSPS) is 16.0. The van der Waals surface area contributed by atoms with Gasteiger partial charge in [-0.25, -0.2) is 0 Å². The van der Waals surface area contributed by atoms with Gasteiger partial charge in [0.15, 0.2) is 5.75 Å². The van der Waals surface area contributed by atoms with E-state index in [1.807, 2.05) is 31.3 Å². The number of unbranched alkanes of at least 4 members (excludes halogenated alkanes) is 1. The third kappa shape index (κ3) is 4.46. The molecule has 0 saturated carbocycles. The second-order valence-electron chi connectivity index (χ2n) is 5.60. The number of carbonyl (C=O) groups excluding carboxylic acids is 1. The molecule has 0 amide bonds. The maximum Gasteiger partial charge on any atom is 0.311 e. The number of hydrogen-bond acceptors (Lipinski definition) is 4. The van der Waals surface area contributed by atoms with Crippen molar-refractivity contribution in [1.29, 1.82) is 0 Å². The largest absolute Gasteiger partial charge is 0.424 e. The molecule has 0 aromatic heterocycles. The van der Waals surface area contributed by atoms with Crippen LogP contribution in [0.1, 0.15) is 39.0 Å². The topological polar surface area (TPSA) is 41.6 Å². The van der Waals surface area contributed by atoms with Gasteiger partial charge in [-0.05, 0) is 38.4 Å². The number of nitrogens with zero attached hydrogens (tertiary/aromatic N) is 1. The lowest BCUT2D eigenvalue weighted by atomic mass is 10.0. The molecular weight excluding hydrogens is 264 g/mol. The van der Waals surface area contributed by atoms with Crippen molar-refractivity contribution in [2.45, 2.75) is 45.1 Å². The molecule has 0 bridgehead atoms. The van der Waals surface area contributed by atoms with Gasteiger partial charge in [0.05, 0.1) is 5.69 Å². The Morgan fingerprint density at radius 3 is 2.71 bits per heavy atom. The molecule has 0 aliphatic carbocycles. The maximum atomic E-state index is 11.9. The van der Waals surface area contributed by atoms with Crippen molar-refractivity contribution in [3.63, 3.8) is 0 Å². The number of para-hydroxylation sites is 2. The van der Waals surface area contributed by atoms with Crippen molar-refractivity contribution in [1.82, 2.24) is 5.32 Å². The molecule has 1 fully saturated rings. The number of carbonyl (C=O) groups is 1. The number of rotatable bonds is 6. The fourth-order valence-electron chi connectivity index (χ4n) is 2.71. The Bertz CT molecular complexity index is 454. The van der Waals surface area contributed by atoms with Gasteiger partial charge >= 0.3 is 5.97 Å². The summed E-state index contributed by atoms with van der Waals surface area (Å²) in [4.78, 5) is 14.2. The Morgan fingerprint density at radius 1 is 1.33 bits per heavy atom. The Hall–Kier alpha value is -1.55. The van der Waals surface area contributed by atoms with Crippen LogP contribution >= 0.6 is 0 Å². The van der Waals surface area contributed by atoms with E-state index < -0.39 is 0 Å². The van der Waals surface area contributed by atoms with E-state index in [2.05, 4.69) is 17.1 Å². The molecule has 1 aromatic rings. The summed E-state index contributed by atoms with van der Waals surface area (Å²) in [6.45, 7) is 4.07. The van der Waals surface area contributed by atoms with Crippen molar-refractivity contribution in [3.05, 3.63) is 24.3 Å². The van der Waals surface area contributed by atoms with Crippen molar-refractivity contribution in [2.75, 3.05) is 25.0 Å². The number of hydrogen-bond donors (Lipinski definition) is 1. The summed E-state index contributed by atoms with van der Waals surface area (Å²) in [5.41, 5.74) is 1.04. The molecule has 1 aliphatic rings. The molecule has 1 aliphatic heterocycles. The van der Waals surface area contributed by atoms with Gasteiger partial charge < -0.3 is 15.0 Å². The molecule has 4 heteroatoms. The Kier molecular flexibility index (Phi) is 6.05. The quantitative estimate of drug-likeness (QED) is 0.646. The molecule has 116 valence electrons. The zero-order valence-corrected chi connectivity index (χ0v) is 13.1. The molecule has 21 heavy (non-hydrogen) atoms. The highest BCUT2D eigenvalue weighted by molar-refractivity contribution is 5.75. The zero-order chi connectivity index (χ0) is 15.1. The summed E-state index contributed by atoms with van der Waals surface area (Å²) in [6, 6.07) is 8.46. The van der Waals surface area contributed by atoms with Crippen molar-refractivity contribution in [2.24, 2.45) is 0 Å². The first-order chi connectivity index (χ1) is 10.2. The highest BCUT2D eigenvalue weighted by atomic mass is 16.5. The van der Waals surface area contributed by atoms with Crippen LogP contribution in [-0.4, -0.2) is 32.1 Å². The van der Waals surface area contributed by atoms with Gasteiger partial charge in [-0.3, -0.25) is 4.79 Å². The lowest BCUT2D eigenvalue weighted by Gasteiger charge is -2.34. The van der Waals surface area contributed by atoms with Crippen LogP contribution < -0.4 is 15.0 Å². The second kappa shape index (κ2) is 8.03. The zero-order valence-electron chi connectivity index (χ0n) is 13.1. The highest BCUT2D eigenvalue weighted by Crippen LogP contribution is 2.30. The summed E-state index contributed by atoms with van der Waals surface area (Å²) in [6.07, 6.45) is 4.62. The van der Waals surface area contributed by atoms with Crippen LogP contribution in [0.5, 0.6) is 5.75 Å². The van der Waals surface area contributed by atoms with Crippen LogP contribution in [-0.2, 0) is 4.79 Å². The lowest BCUT2D eigenvalue weighted by molar-refractivity contribution is -0.134. The number of ether oxygens (including phenoxy) is 1. The van der Waals surface area contributed by atoms with Gasteiger partial charge in [-0.2, -0.15) is 0 Å². The molecule has 1 heterocycles. The van der Waals surface area contributed by atoms with E-state index in [0.717, 1.165) is 44.5 Å². The molecule has 1 saturated heterocycles. The van der Waals surface area contributed by atoms with Gasteiger partial charge in [-0.1, -0.05) is 25.5 Å². The standard InChI is InChI=1S/C17H26N2O2/c1-3-4-9-17(20)21-16-8-6-5-7-15(16)19-12-10-14(18-2)11-13-19/h5-8,14,18H,3-4,9-13H2,1-2H3. The number of esters is 1. The monoisotopic (exact) mass is 290 g/mol. The minimum Gasteiger partial charge on any atom is -0.424 e. The third-order valence-electron chi connectivity index (χ3n) is 4.07. The molecule has 4 nitrogen and oxygen atoms in total. The molecule has 0 unspecified atom stereocenters. The number of anilines is 1. The molecule has 1 N–H and O–H groups in total. The molecule has 1 aromatic carbocycles. The Morgan fingerprint density at radius 2 is 2.05 bits per heavy atom. The number of piperidine rings is 1. The van der Waals surface area contributed by atoms with Crippen LogP contribution in [0.15, 0.2) is 24.3 Å². The highest BCUT2D eigenvalue weighted by Gasteiger charge is 2.21. The second-order valence-corrected chi connectivity index (χ2v) is 5.60. The van der Waals surface area contributed by atoms with E-state index in [-0.39, 0.29) is 5.97 Å². The van der Waals surface area contributed by atoms with Crippen molar-refractivity contribution >= 4 is 11.7 Å². The minimum atomic E-state index is -0.130. The molecule has 2 rings (SSSR count). The smallest absolute Gasteiger partial charge is 0.311 e. The third-order valence-corrected chi connectivity index (χ3v) is 4.07. The number of benzene rings is 1. The van der Waals surface area contributed by atoms with Gasteiger partial charge in [0.2, 0.25) is 0 Å². The first-order valence-corrected chi connectivity index (χ1v) is 7.96. The van der Waals surface area contributed by atoms with Crippen molar-refractivity contribution < 1.29 is 9.53 Å². The van der Waals surface area contributed by atoms with E-state index in [9.17, 15) is 4.79 Å². The first kappa shape index (κ1) is 15.8. The van der Waals surface area contributed by atoms with Gasteiger partial charge in [0, 0.05) is 25.6 Å². The van der Waals surface area contributed by atoms with Gasteiger partial charge in [0.25, 0.3) is 0 Å². The van der Waals surface area contributed by atoms with E-state index in [1.54, 1.807) is 0 Å². The maximum absolute atomic E-state index is 11.9. The van der Waals surface area contributed by atoms with Gasteiger partial charge in [0.1, 0.15) is 0 Å². The summed E-state index contributed by atoms with van der Waals surface area (Å²) in [5.74, 6) is 0.566. The Balaban J connectivity index is 2.01. The first-order valence-electron chi connectivity index (χ1n) is 7.96. The predicted molar refractivity (Wildman–Crippen MR) is 85.9 cm³/mol. The fraction of sp³-hybridized carbons (Fsp3) is 0.588. The lowest BCUT2D eigenvalue weighted by Crippen LogP contribution is -2.41. The van der Waals surface area contributed by atoms with Crippen LogP contribution in [0, 0.1) is 0 Å². The summed E-state index contributed by atoms with van der Waals surface area (Å²) in [5, 5.41) is 3.33. The molecular formula is C17H26N2O2. The van der Waals surface area contributed by atoms with Gasteiger partial charge in [-0.15, -0.1) is 0 Å². The molecule has 0 radical (unpaired) electrons. The van der Waals surface area contributed by atoms with Crippen LogP contribution in [0.25, 0.3) is 0 Å². The van der Waals surface area contributed by atoms with Crippen LogP contribution in [0.4, 0.5) is 5.69 Å². The predicted octanol–water partition coefficient (Wildman–Crippen LogP) is 2.97. The fourth-order valence-corrected chi connectivity index (χ4v) is 2.71. The summed E-state index contributed by atoms with van der Waals surface area (Å²) < 4.78 is 5.56. The molecule has 0 atom stereocenters. The van der Waals surface area contributed by atoms with E-state index in [0.29, 0.717) is 18.2 Å². The van der Waals surface area contributed by atoms with Crippen LogP contribution in [0.3, 0.4) is 0 Å². The average Bonchev–Trinajstić information content (AvgIpc) is 2.53.